The lowest BCUT2D eigenvalue weighted by molar-refractivity contribution is -0.119. The number of aromatic nitrogens is 3. The number of carbonyl (C=O) groups excluding carboxylic acids is 2. The van der Waals surface area contributed by atoms with Crippen molar-refractivity contribution < 1.29 is 9.59 Å². The van der Waals surface area contributed by atoms with Gasteiger partial charge in [0.05, 0.1) is 5.25 Å². The van der Waals surface area contributed by atoms with Gasteiger partial charge in [0, 0.05) is 17.6 Å². The Kier molecular flexibility index (Phi) is 6.64. The third-order valence-corrected chi connectivity index (χ3v) is 4.77. The molecule has 0 saturated heterocycles. The van der Waals surface area contributed by atoms with Crippen molar-refractivity contribution >= 4 is 23.7 Å². The van der Waals surface area contributed by atoms with Gasteiger partial charge in [-0.15, -0.1) is 10.2 Å². The van der Waals surface area contributed by atoms with E-state index in [0.717, 1.165) is 17.0 Å². The van der Waals surface area contributed by atoms with E-state index in [2.05, 4.69) is 26.9 Å². The fourth-order valence-electron chi connectivity index (χ4n) is 2.46. The van der Waals surface area contributed by atoms with Gasteiger partial charge in [0.15, 0.2) is 11.0 Å². The van der Waals surface area contributed by atoms with Crippen molar-refractivity contribution in [2.24, 2.45) is 0 Å². The number of imide groups is 1. The Labute approximate surface area is 164 Å². The molecule has 27 heavy (non-hydrogen) atoms. The number of urea groups is 1. The summed E-state index contributed by atoms with van der Waals surface area (Å²) in [6, 6.07) is 7.55. The Hall–Kier alpha value is -2.35. The molecule has 0 aliphatic heterocycles. The molecule has 0 spiro atoms. The molecule has 146 valence electrons. The van der Waals surface area contributed by atoms with Crippen molar-refractivity contribution in [1.29, 1.82) is 0 Å². The Morgan fingerprint density at radius 3 is 2.56 bits per heavy atom. The normalized spacial score (nSPS) is 12.5. The molecule has 8 heteroatoms. The van der Waals surface area contributed by atoms with Gasteiger partial charge in [-0.2, -0.15) is 0 Å². The van der Waals surface area contributed by atoms with Gasteiger partial charge >= 0.3 is 6.03 Å². The van der Waals surface area contributed by atoms with E-state index >= 15 is 0 Å². The first-order valence-electron chi connectivity index (χ1n) is 8.90. The largest absolute Gasteiger partial charge is 0.333 e. The van der Waals surface area contributed by atoms with Crippen molar-refractivity contribution in [1.82, 2.24) is 25.4 Å². The summed E-state index contributed by atoms with van der Waals surface area (Å²) in [6.07, 6.45) is 0. The van der Waals surface area contributed by atoms with Crippen LogP contribution in [0.4, 0.5) is 4.79 Å². The van der Waals surface area contributed by atoms with E-state index in [1.807, 2.05) is 57.4 Å². The van der Waals surface area contributed by atoms with Gasteiger partial charge in [-0.3, -0.25) is 10.1 Å². The van der Waals surface area contributed by atoms with E-state index in [1.165, 1.54) is 11.8 Å². The summed E-state index contributed by atoms with van der Waals surface area (Å²) in [7, 11) is 0. The monoisotopic (exact) mass is 389 g/mol. The van der Waals surface area contributed by atoms with Crippen LogP contribution in [0, 0.1) is 6.92 Å². The van der Waals surface area contributed by atoms with Gasteiger partial charge in [-0.25, -0.2) is 4.79 Å². The predicted octanol–water partition coefficient (Wildman–Crippen LogP) is 3.38. The van der Waals surface area contributed by atoms with Crippen LogP contribution in [-0.4, -0.2) is 37.5 Å². The molecule has 2 N–H and O–H groups in total. The summed E-state index contributed by atoms with van der Waals surface area (Å²) < 4.78 is 1.97. The van der Waals surface area contributed by atoms with Gasteiger partial charge in [0.25, 0.3) is 0 Å². The highest BCUT2D eigenvalue weighted by molar-refractivity contribution is 8.00. The van der Waals surface area contributed by atoms with Crippen LogP contribution in [0.25, 0.3) is 11.4 Å². The minimum absolute atomic E-state index is 0.371. The lowest BCUT2D eigenvalue weighted by Gasteiger charge is -2.21. The molecule has 1 atom stereocenters. The van der Waals surface area contributed by atoms with Gasteiger partial charge in [0.1, 0.15) is 0 Å². The molecule has 0 aliphatic carbocycles. The summed E-state index contributed by atoms with van der Waals surface area (Å²) >= 11 is 1.28. The molecule has 0 saturated carbocycles. The van der Waals surface area contributed by atoms with E-state index in [1.54, 1.807) is 6.92 Å². The zero-order valence-electron chi connectivity index (χ0n) is 16.7. The first kappa shape index (κ1) is 21.0. The second-order valence-electron chi connectivity index (χ2n) is 7.37. The van der Waals surface area contributed by atoms with Crippen LogP contribution in [0.15, 0.2) is 29.4 Å². The van der Waals surface area contributed by atoms with Crippen LogP contribution < -0.4 is 10.6 Å². The van der Waals surface area contributed by atoms with E-state index in [-0.39, 0.29) is 5.91 Å². The highest BCUT2D eigenvalue weighted by Crippen LogP contribution is 2.27. The first-order valence-corrected chi connectivity index (χ1v) is 9.78. The molecule has 0 radical (unpaired) electrons. The molecular weight excluding hydrogens is 362 g/mol. The molecule has 2 rings (SSSR count). The zero-order chi connectivity index (χ0) is 20.2. The quantitative estimate of drug-likeness (QED) is 0.765. The Bertz CT molecular complexity index is 826. The lowest BCUT2D eigenvalue weighted by atomic mass is 10.1. The minimum atomic E-state index is -0.502. The third-order valence-electron chi connectivity index (χ3n) is 3.69. The maximum absolute atomic E-state index is 12.3. The van der Waals surface area contributed by atoms with Crippen LogP contribution in [0.5, 0.6) is 0 Å². The molecule has 3 amide bonds. The lowest BCUT2D eigenvalue weighted by Crippen LogP contribution is -2.49. The number of aryl methyl sites for hydroxylation is 1. The maximum Gasteiger partial charge on any atom is 0.321 e. The van der Waals surface area contributed by atoms with E-state index in [0.29, 0.717) is 11.7 Å². The third kappa shape index (κ3) is 5.82. The molecule has 0 bridgehead atoms. The van der Waals surface area contributed by atoms with Crippen LogP contribution in [-0.2, 0) is 11.3 Å². The number of hydrogen-bond acceptors (Lipinski definition) is 5. The zero-order valence-corrected chi connectivity index (χ0v) is 17.5. The van der Waals surface area contributed by atoms with E-state index in [9.17, 15) is 9.59 Å². The topological polar surface area (TPSA) is 88.9 Å². The van der Waals surface area contributed by atoms with Gasteiger partial charge in [-0.05, 0) is 47.6 Å². The van der Waals surface area contributed by atoms with Crippen LogP contribution >= 0.6 is 11.8 Å². The first-order chi connectivity index (χ1) is 12.6. The summed E-state index contributed by atoms with van der Waals surface area (Å²) in [4.78, 5) is 24.2. The number of benzene rings is 1. The summed E-state index contributed by atoms with van der Waals surface area (Å²) in [5.41, 5.74) is 1.72. The molecule has 7 nitrogen and oxygen atoms in total. The Morgan fingerprint density at radius 1 is 1.26 bits per heavy atom. The van der Waals surface area contributed by atoms with E-state index < -0.39 is 16.8 Å². The minimum Gasteiger partial charge on any atom is -0.333 e. The van der Waals surface area contributed by atoms with Crippen molar-refractivity contribution in [3.05, 3.63) is 29.8 Å². The number of nitrogens with zero attached hydrogens (tertiary/aromatic N) is 3. The molecule has 1 aromatic heterocycles. The summed E-state index contributed by atoms with van der Waals surface area (Å²) in [5, 5.41) is 13.8. The van der Waals surface area contributed by atoms with Crippen LogP contribution in [0.1, 0.15) is 40.2 Å². The highest BCUT2D eigenvalue weighted by atomic mass is 32.2. The molecule has 2 aromatic rings. The standard InChI is InChI=1S/C19H27N5O2S/c1-7-24-15(14-10-8-9-12(2)11-14)22-23-18(24)27-13(3)16(25)20-17(26)21-19(4,5)6/h8-11,13H,7H2,1-6H3,(H2,20,21,25,26). The maximum atomic E-state index is 12.3. The summed E-state index contributed by atoms with van der Waals surface area (Å²) in [5.74, 6) is 0.395. The van der Waals surface area contributed by atoms with Crippen LogP contribution in [0.2, 0.25) is 0 Å². The molecular formula is C19H27N5O2S. The number of nitrogens with one attached hydrogen (secondary N) is 2. The predicted molar refractivity (Wildman–Crippen MR) is 108 cm³/mol. The highest BCUT2D eigenvalue weighted by Gasteiger charge is 2.23. The van der Waals surface area contributed by atoms with Crippen LogP contribution in [0.3, 0.4) is 0 Å². The number of carbonyl (C=O) groups is 2. The fraction of sp³-hybridized carbons (Fsp3) is 0.474. The van der Waals surface area contributed by atoms with Gasteiger partial charge in [-0.1, -0.05) is 35.5 Å². The molecule has 0 fully saturated rings. The second kappa shape index (κ2) is 8.56. The average Bonchev–Trinajstić information content (AvgIpc) is 2.95. The summed E-state index contributed by atoms with van der Waals surface area (Å²) in [6.45, 7) is 12.0. The number of thioether (sulfide) groups is 1. The number of hydrogen-bond donors (Lipinski definition) is 2. The van der Waals surface area contributed by atoms with E-state index in [4.69, 9.17) is 0 Å². The van der Waals surface area contributed by atoms with Crippen molar-refractivity contribution in [3.8, 4) is 11.4 Å². The molecule has 1 heterocycles. The number of amides is 3. The SMILES string of the molecule is CCn1c(SC(C)C(=O)NC(=O)NC(C)(C)C)nnc1-c1cccc(C)c1. The average molecular weight is 390 g/mol. The molecule has 1 unspecified atom stereocenters. The Morgan fingerprint density at radius 2 is 1.96 bits per heavy atom. The number of rotatable bonds is 5. The van der Waals surface area contributed by atoms with Gasteiger partial charge < -0.3 is 9.88 Å². The van der Waals surface area contributed by atoms with Crippen molar-refractivity contribution in [2.45, 2.75) is 64.0 Å². The molecule has 0 aliphatic rings. The van der Waals surface area contributed by atoms with Crippen molar-refractivity contribution in [3.63, 3.8) is 0 Å². The van der Waals surface area contributed by atoms with Gasteiger partial charge in [0.2, 0.25) is 5.91 Å². The Balaban J connectivity index is 2.11. The molecule has 1 aromatic carbocycles. The van der Waals surface area contributed by atoms with Crippen molar-refractivity contribution in [2.75, 3.05) is 0 Å². The fourth-order valence-corrected chi connectivity index (χ4v) is 3.37. The second-order valence-corrected chi connectivity index (χ2v) is 8.68. The smallest absolute Gasteiger partial charge is 0.321 e.